The number of hydrogen-bond donors (Lipinski definition) is 1. The van der Waals surface area contributed by atoms with Crippen molar-refractivity contribution in [3.63, 3.8) is 0 Å². The summed E-state index contributed by atoms with van der Waals surface area (Å²) in [4.78, 5) is 2.52. The fourth-order valence-electron chi connectivity index (χ4n) is 3.61. The molecule has 1 saturated heterocycles. The van der Waals surface area contributed by atoms with Crippen molar-refractivity contribution in [3.05, 3.63) is 59.7 Å². The van der Waals surface area contributed by atoms with Crippen LogP contribution in [0.4, 0.5) is 13.2 Å². The van der Waals surface area contributed by atoms with Crippen LogP contribution in [-0.2, 0) is 12.7 Å². The maximum Gasteiger partial charge on any atom is 0.416 e. The number of nitrogens with one attached hydrogen (secondary N) is 1. The van der Waals surface area contributed by atoms with Crippen molar-refractivity contribution in [1.29, 1.82) is 0 Å². The molecule has 1 fully saturated rings. The lowest BCUT2D eigenvalue weighted by Crippen LogP contribution is -2.42. The second-order valence-electron chi connectivity index (χ2n) is 7.27. The first-order valence-electron chi connectivity index (χ1n) is 9.68. The summed E-state index contributed by atoms with van der Waals surface area (Å²) in [5.41, 5.74) is 2.31. The van der Waals surface area contributed by atoms with E-state index in [0.717, 1.165) is 29.8 Å². The molecule has 0 spiro atoms. The monoisotopic (exact) mass is 376 g/mol. The SMILES string of the molecule is CCCN1CCC(NCc2ccc(-c3ccc(C(F)(F)F)cc3)cc2)CC1. The fourth-order valence-corrected chi connectivity index (χ4v) is 3.61. The van der Waals surface area contributed by atoms with E-state index in [4.69, 9.17) is 0 Å². The number of nitrogens with zero attached hydrogens (tertiary/aromatic N) is 1. The van der Waals surface area contributed by atoms with Crippen molar-refractivity contribution in [2.75, 3.05) is 19.6 Å². The van der Waals surface area contributed by atoms with Crippen LogP contribution in [0.5, 0.6) is 0 Å². The molecule has 0 radical (unpaired) electrons. The third kappa shape index (κ3) is 5.56. The first-order chi connectivity index (χ1) is 13.0. The van der Waals surface area contributed by atoms with Crippen LogP contribution in [0, 0.1) is 0 Å². The fraction of sp³-hybridized carbons (Fsp3) is 0.455. The number of benzene rings is 2. The summed E-state index contributed by atoms with van der Waals surface area (Å²) >= 11 is 0. The maximum atomic E-state index is 12.7. The molecule has 1 aliphatic rings. The Hall–Kier alpha value is -1.85. The van der Waals surface area contributed by atoms with Crippen molar-refractivity contribution in [2.24, 2.45) is 0 Å². The molecule has 5 heteroatoms. The predicted molar refractivity (Wildman–Crippen MR) is 103 cm³/mol. The smallest absolute Gasteiger partial charge is 0.310 e. The number of alkyl halides is 3. The van der Waals surface area contributed by atoms with Gasteiger partial charge in [0.2, 0.25) is 0 Å². The van der Waals surface area contributed by atoms with Crippen LogP contribution in [0.1, 0.15) is 37.3 Å². The Kier molecular flexibility index (Phi) is 6.55. The Morgan fingerprint density at radius 3 is 2.00 bits per heavy atom. The largest absolute Gasteiger partial charge is 0.416 e. The van der Waals surface area contributed by atoms with Crippen molar-refractivity contribution in [1.82, 2.24) is 10.2 Å². The summed E-state index contributed by atoms with van der Waals surface area (Å²) in [5, 5.41) is 3.63. The van der Waals surface area contributed by atoms with Crippen LogP contribution in [0.2, 0.25) is 0 Å². The molecule has 1 heterocycles. The van der Waals surface area contributed by atoms with Gasteiger partial charge in [0.1, 0.15) is 0 Å². The van der Waals surface area contributed by atoms with Gasteiger partial charge in [-0.15, -0.1) is 0 Å². The lowest BCUT2D eigenvalue weighted by atomic mass is 10.0. The van der Waals surface area contributed by atoms with Gasteiger partial charge in [0, 0.05) is 12.6 Å². The minimum Gasteiger partial charge on any atom is -0.310 e. The van der Waals surface area contributed by atoms with Gasteiger partial charge in [-0.2, -0.15) is 13.2 Å². The average Bonchev–Trinajstić information content (AvgIpc) is 2.68. The third-order valence-electron chi connectivity index (χ3n) is 5.22. The first-order valence-corrected chi connectivity index (χ1v) is 9.68. The zero-order valence-corrected chi connectivity index (χ0v) is 15.7. The van der Waals surface area contributed by atoms with E-state index >= 15 is 0 Å². The highest BCUT2D eigenvalue weighted by atomic mass is 19.4. The molecule has 2 aromatic rings. The van der Waals surface area contributed by atoms with Crippen LogP contribution in [0.3, 0.4) is 0 Å². The molecular weight excluding hydrogens is 349 g/mol. The lowest BCUT2D eigenvalue weighted by Gasteiger charge is -2.32. The summed E-state index contributed by atoms with van der Waals surface area (Å²) < 4.78 is 38.0. The quantitative estimate of drug-likeness (QED) is 0.732. The molecule has 0 unspecified atom stereocenters. The standard InChI is InChI=1S/C22H27F3N2/c1-2-13-27-14-11-21(12-15-27)26-16-17-3-5-18(6-4-17)19-7-9-20(10-8-19)22(23,24)25/h3-10,21,26H,2,11-16H2,1H3. The van der Waals surface area contributed by atoms with Gasteiger partial charge >= 0.3 is 6.18 Å². The second-order valence-corrected chi connectivity index (χ2v) is 7.27. The summed E-state index contributed by atoms with van der Waals surface area (Å²) in [7, 11) is 0. The maximum absolute atomic E-state index is 12.7. The Morgan fingerprint density at radius 2 is 1.48 bits per heavy atom. The molecule has 0 atom stereocenters. The van der Waals surface area contributed by atoms with Crippen molar-refractivity contribution >= 4 is 0 Å². The highest BCUT2D eigenvalue weighted by molar-refractivity contribution is 5.64. The molecule has 146 valence electrons. The molecule has 1 N–H and O–H groups in total. The van der Waals surface area contributed by atoms with Crippen LogP contribution in [-0.4, -0.2) is 30.6 Å². The Balaban J connectivity index is 1.52. The third-order valence-corrected chi connectivity index (χ3v) is 5.22. The molecule has 0 aliphatic carbocycles. The molecule has 2 aromatic carbocycles. The van der Waals surface area contributed by atoms with E-state index in [1.165, 1.54) is 56.6 Å². The van der Waals surface area contributed by atoms with Gasteiger partial charge in [-0.05, 0) is 67.7 Å². The first kappa shape index (κ1) is 19.9. The Morgan fingerprint density at radius 1 is 0.926 bits per heavy atom. The van der Waals surface area contributed by atoms with Gasteiger partial charge in [-0.1, -0.05) is 43.3 Å². The van der Waals surface area contributed by atoms with Crippen molar-refractivity contribution < 1.29 is 13.2 Å². The molecule has 0 aromatic heterocycles. The highest BCUT2D eigenvalue weighted by Gasteiger charge is 2.29. The zero-order valence-electron chi connectivity index (χ0n) is 15.7. The number of rotatable bonds is 6. The van der Waals surface area contributed by atoms with Gasteiger partial charge in [0.05, 0.1) is 5.56 Å². The van der Waals surface area contributed by atoms with Crippen molar-refractivity contribution in [2.45, 2.75) is 44.9 Å². The summed E-state index contributed by atoms with van der Waals surface area (Å²) in [6.45, 7) is 6.57. The van der Waals surface area contributed by atoms with E-state index in [9.17, 15) is 13.2 Å². The van der Waals surface area contributed by atoms with Crippen LogP contribution < -0.4 is 5.32 Å². The van der Waals surface area contributed by atoms with E-state index < -0.39 is 11.7 Å². The highest BCUT2D eigenvalue weighted by Crippen LogP contribution is 2.31. The number of piperidine rings is 1. The molecule has 0 bridgehead atoms. The topological polar surface area (TPSA) is 15.3 Å². The van der Waals surface area contributed by atoms with Gasteiger partial charge in [0.25, 0.3) is 0 Å². The number of hydrogen-bond acceptors (Lipinski definition) is 2. The van der Waals surface area contributed by atoms with Crippen LogP contribution in [0.15, 0.2) is 48.5 Å². The van der Waals surface area contributed by atoms with Crippen molar-refractivity contribution in [3.8, 4) is 11.1 Å². The molecule has 0 saturated carbocycles. The normalized spacial score (nSPS) is 16.6. The minimum absolute atomic E-state index is 0.563. The van der Waals surface area contributed by atoms with Crippen LogP contribution in [0.25, 0.3) is 11.1 Å². The summed E-state index contributed by atoms with van der Waals surface area (Å²) in [6.07, 6.45) is -0.711. The van der Waals surface area contributed by atoms with E-state index in [0.29, 0.717) is 6.04 Å². The predicted octanol–water partition coefficient (Wildman–Crippen LogP) is 5.34. The summed E-state index contributed by atoms with van der Waals surface area (Å²) in [5.74, 6) is 0. The van der Waals surface area contributed by atoms with E-state index in [-0.39, 0.29) is 0 Å². The van der Waals surface area contributed by atoms with Gasteiger partial charge < -0.3 is 10.2 Å². The van der Waals surface area contributed by atoms with E-state index in [1.807, 2.05) is 24.3 Å². The Labute approximate surface area is 159 Å². The molecule has 27 heavy (non-hydrogen) atoms. The number of likely N-dealkylation sites (tertiary alicyclic amines) is 1. The Bertz CT molecular complexity index is 700. The molecule has 2 nitrogen and oxygen atoms in total. The molecule has 1 aliphatic heterocycles. The molecule has 3 rings (SSSR count). The number of halogens is 3. The molecule has 0 amide bonds. The summed E-state index contributed by atoms with van der Waals surface area (Å²) in [6, 6.07) is 13.9. The molecular formula is C22H27F3N2. The van der Waals surface area contributed by atoms with Crippen LogP contribution >= 0.6 is 0 Å². The van der Waals surface area contributed by atoms with Gasteiger partial charge in [0.15, 0.2) is 0 Å². The lowest BCUT2D eigenvalue weighted by molar-refractivity contribution is -0.137. The zero-order chi connectivity index (χ0) is 19.3. The van der Waals surface area contributed by atoms with E-state index in [1.54, 1.807) is 0 Å². The van der Waals surface area contributed by atoms with Gasteiger partial charge in [-0.25, -0.2) is 0 Å². The minimum atomic E-state index is -4.29. The average molecular weight is 376 g/mol. The second kappa shape index (κ2) is 8.89. The van der Waals surface area contributed by atoms with E-state index in [2.05, 4.69) is 17.1 Å². The van der Waals surface area contributed by atoms with Gasteiger partial charge in [-0.3, -0.25) is 0 Å².